The van der Waals surface area contributed by atoms with Crippen LogP contribution in [0, 0.1) is 11.3 Å². The first-order valence-electron chi connectivity index (χ1n) is 6.14. The van der Waals surface area contributed by atoms with E-state index in [1.165, 1.54) is 11.1 Å². The van der Waals surface area contributed by atoms with Crippen LogP contribution in [0.3, 0.4) is 0 Å². The van der Waals surface area contributed by atoms with Gasteiger partial charge in [-0.05, 0) is 28.9 Å². The van der Waals surface area contributed by atoms with Gasteiger partial charge in [-0.1, -0.05) is 71.1 Å². The molecule has 0 atom stereocenters. The number of hydrogen-bond acceptors (Lipinski definition) is 0. The Morgan fingerprint density at radius 1 is 1.00 bits per heavy atom. The van der Waals surface area contributed by atoms with E-state index in [-0.39, 0.29) is 0 Å². The highest BCUT2D eigenvalue weighted by atomic mass is 14.2. The van der Waals surface area contributed by atoms with Gasteiger partial charge in [0.1, 0.15) is 0 Å². The van der Waals surface area contributed by atoms with Gasteiger partial charge in [-0.15, -0.1) is 0 Å². The third-order valence-corrected chi connectivity index (χ3v) is 2.60. The van der Waals surface area contributed by atoms with Gasteiger partial charge in [-0.3, -0.25) is 0 Å². The lowest BCUT2D eigenvalue weighted by atomic mass is 9.87. The molecule has 88 valence electrons. The fourth-order valence-corrected chi connectivity index (χ4v) is 1.79. The molecule has 0 aromatic rings. The van der Waals surface area contributed by atoms with Crippen LogP contribution in [-0.2, 0) is 0 Å². The van der Waals surface area contributed by atoms with Crippen LogP contribution in [0.15, 0.2) is 47.6 Å². The van der Waals surface area contributed by atoms with Gasteiger partial charge in [0.25, 0.3) is 0 Å². The van der Waals surface area contributed by atoms with E-state index in [4.69, 9.17) is 0 Å². The Kier molecular flexibility index (Phi) is 4.35. The first-order chi connectivity index (χ1) is 7.38. The molecule has 0 N–H and O–H groups in total. The molecule has 1 rings (SSSR count). The average Bonchev–Trinajstić information content (AvgIpc) is 2.06. The van der Waals surface area contributed by atoms with Crippen molar-refractivity contribution in [3.63, 3.8) is 0 Å². The highest BCUT2D eigenvalue weighted by Crippen LogP contribution is 2.25. The van der Waals surface area contributed by atoms with Crippen LogP contribution in [0.2, 0.25) is 0 Å². The van der Waals surface area contributed by atoms with E-state index in [1.807, 2.05) is 0 Å². The molecule has 0 fully saturated rings. The molecule has 0 spiro atoms. The largest absolute Gasteiger partial charge is 0.0617 e. The molecule has 0 nitrogen and oxygen atoms in total. The smallest absolute Gasteiger partial charge is 0.0219 e. The maximum atomic E-state index is 2.28. The molecule has 0 heterocycles. The number of allylic oxidation sites excluding steroid dienone is 8. The van der Waals surface area contributed by atoms with Gasteiger partial charge in [0.05, 0.1) is 0 Å². The molecule has 0 radical (unpaired) electrons. The van der Waals surface area contributed by atoms with Crippen molar-refractivity contribution in [3.8, 4) is 0 Å². The Morgan fingerprint density at radius 3 is 2.19 bits per heavy atom. The molecule has 0 saturated heterocycles. The minimum Gasteiger partial charge on any atom is -0.0617 e. The minimum atomic E-state index is 0.355. The van der Waals surface area contributed by atoms with Crippen LogP contribution in [0.4, 0.5) is 0 Å². The second-order valence-electron chi connectivity index (χ2n) is 6.02. The van der Waals surface area contributed by atoms with Gasteiger partial charge in [0.15, 0.2) is 0 Å². The van der Waals surface area contributed by atoms with Crippen LogP contribution in [0.1, 0.15) is 41.0 Å². The lowest BCUT2D eigenvalue weighted by Gasteiger charge is -2.19. The highest BCUT2D eigenvalue weighted by Gasteiger charge is 2.11. The molecule has 1 aliphatic carbocycles. The lowest BCUT2D eigenvalue weighted by molar-refractivity contribution is 0.413. The van der Waals surface area contributed by atoms with Crippen LogP contribution in [0.5, 0.6) is 0 Å². The van der Waals surface area contributed by atoms with Gasteiger partial charge < -0.3 is 0 Å². The van der Waals surface area contributed by atoms with Crippen LogP contribution >= 0.6 is 0 Å². The SMILES string of the molecule is CC(C)C1=CC=CC(CC(C)(C)C)=CC=C1. The maximum absolute atomic E-state index is 2.28. The molecule has 0 aliphatic heterocycles. The zero-order chi connectivity index (χ0) is 12.2. The van der Waals surface area contributed by atoms with E-state index in [0.717, 1.165) is 6.42 Å². The molecule has 0 amide bonds. The number of rotatable bonds is 2. The summed E-state index contributed by atoms with van der Waals surface area (Å²) in [5.74, 6) is 0.596. The van der Waals surface area contributed by atoms with Gasteiger partial charge in [0.2, 0.25) is 0 Å². The summed E-state index contributed by atoms with van der Waals surface area (Å²) in [6, 6.07) is 0. The summed E-state index contributed by atoms with van der Waals surface area (Å²) in [6.45, 7) is 11.3. The van der Waals surface area contributed by atoms with Crippen molar-refractivity contribution >= 4 is 0 Å². The Balaban J connectivity index is 2.76. The van der Waals surface area contributed by atoms with Crippen molar-refractivity contribution in [3.05, 3.63) is 47.6 Å². The van der Waals surface area contributed by atoms with Crippen LogP contribution in [0.25, 0.3) is 0 Å². The third kappa shape index (κ3) is 4.65. The van der Waals surface area contributed by atoms with Crippen molar-refractivity contribution in [2.45, 2.75) is 41.0 Å². The molecule has 0 aromatic carbocycles. The van der Waals surface area contributed by atoms with Gasteiger partial charge in [-0.25, -0.2) is 0 Å². The molecular weight excluding hydrogens is 192 g/mol. The van der Waals surface area contributed by atoms with E-state index in [2.05, 4.69) is 71.1 Å². The van der Waals surface area contributed by atoms with E-state index in [1.54, 1.807) is 0 Å². The first-order valence-corrected chi connectivity index (χ1v) is 6.14. The molecule has 0 saturated carbocycles. The van der Waals surface area contributed by atoms with Gasteiger partial charge >= 0.3 is 0 Å². The van der Waals surface area contributed by atoms with Crippen LogP contribution in [-0.4, -0.2) is 0 Å². The Morgan fingerprint density at radius 2 is 1.62 bits per heavy atom. The van der Waals surface area contributed by atoms with E-state index in [0.29, 0.717) is 11.3 Å². The van der Waals surface area contributed by atoms with E-state index >= 15 is 0 Å². The fraction of sp³-hybridized carbons (Fsp3) is 0.500. The molecule has 1 aliphatic rings. The fourth-order valence-electron chi connectivity index (χ4n) is 1.79. The van der Waals surface area contributed by atoms with Crippen molar-refractivity contribution < 1.29 is 0 Å². The minimum absolute atomic E-state index is 0.355. The molecule has 16 heavy (non-hydrogen) atoms. The first kappa shape index (κ1) is 13.0. The molecule has 0 bridgehead atoms. The summed E-state index contributed by atoms with van der Waals surface area (Å²) in [5.41, 5.74) is 3.15. The van der Waals surface area contributed by atoms with Crippen molar-refractivity contribution in [2.24, 2.45) is 11.3 Å². The summed E-state index contributed by atoms with van der Waals surface area (Å²) < 4.78 is 0. The van der Waals surface area contributed by atoms with Crippen molar-refractivity contribution in [1.29, 1.82) is 0 Å². The second-order valence-corrected chi connectivity index (χ2v) is 6.02. The predicted molar refractivity (Wildman–Crippen MR) is 73.4 cm³/mol. The summed E-state index contributed by atoms with van der Waals surface area (Å²) >= 11 is 0. The average molecular weight is 216 g/mol. The quantitative estimate of drug-likeness (QED) is 0.605. The van der Waals surface area contributed by atoms with Crippen molar-refractivity contribution in [2.75, 3.05) is 0 Å². The Bertz CT molecular complexity index is 341. The zero-order valence-electron chi connectivity index (χ0n) is 11.2. The zero-order valence-corrected chi connectivity index (χ0v) is 11.2. The summed E-state index contributed by atoms with van der Waals surface area (Å²) in [6.07, 6.45) is 14.4. The third-order valence-electron chi connectivity index (χ3n) is 2.60. The van der Waals surface area contributed by atoms with E-state index < -0.39 is 0 Å². The topological polar surface area (TPSA) is 0 Å². The molecule has 0 heteroatoms. The predicted octanol–water partition coefficient (Wildman–Crippen LogP) is 5.06. The van der Waals surface area contributed by atoms with Crippen molar-refractivity contribution in [1.82, 2.24) is 0 Å². The van der Waals surface area contributed by atoms with E-state index in [9.17, 15) is 0 Å². The second kappa shape index (κ2) is 5.34. The summed E-state index contributed by atoms with van der Waals surface area (Å²) in [5, 5.41) is 0. The summed E-state index contributed by atoms with van der Waals surface area (Å²) in [7, 11) is 0. The standard InChI is InChI=1S/C16H24/c1-13(2)15-10-6-8-14(9-7-11-15)12-16(3,4)5/h6-11,13H,12H2,1-5H3. The van der Waals surface area contributed by atoms with Gasteiger partial charge in [-0.2, -0.15) is 0 Å². The van der Waals surface area contributed by atoms with Crippen LogP contribution < -0.4 is 0 Å². The lowest BCUT2D eigenvalue weighted by Crippen LogP contribution is -2.05. The molecule has 0 unspecified atom stereocenters. The molecule has 0 aromatic heterocycles. The Hall–Kier alpha value is -1.04. The normalized spacial score (nSPS) is 16.9. The summed E-state index contributed by atoms with van der Waals surface area (Å²) in [4.78, 5) is 0. The number of hydrogen-bond donors (Lipinski definition) is 0. The monoisotopic (exact) mass is 216 g/mol. The maximum Gasteiger partial charge on any atom is -0.0219 e. The Labute approximate surface area is 100 Å². The van der Waals surface area contributed by atoms with Gasteiger partial charge in [0, 0.05) is 0 Å². The molecular formula is C16H24. The highest BCUT2D eigenvalue weighted by molar-refractivity contribution is 5.36.